The number of ether oxygens (including phenoxy) is 2. The third-order valence-electron chi connectivity index (χ3n) is 3.10. The van der Waals surface area contributed by atoms with Crippen LogP contribution in [0, 0.1) is 12.3 Å². The van der Waals surface area contributed by atoms with Crippen molar-refractivity contribution in [2.45, 2.75) is 6.18 Å². The Balaban J connectivity index is 1.96. The predicted octanol–water partition coefficient (Wildman–Crippen LogP) is 4.25. The lowest BCUT2D eigenvalue weighted by molar-refractivity contribution is -0.141. The van der Waals surface area contributed by atoms with Gasteiger partial charge in [0.05, 0.1) is 0 Å². The van der Waals surface area contributed by atoms with Gasteiger partial charge in [-0.25, -0.2) is 4.98 Å². The van der Waals surface area contributed by atoms with Crippen molar-refractivity contribution in [2.24, 2.45) is 0 Å². The monoisotopic (exact) mass is 438 g/mol. The second kappa shape index (κ2) is 7.67. The Labute approximate surface area is 160 Å². The SMILES string of the molecule is C#CCOc1cc(C(F)(F)F)nn1-c1nccc(Oc2cccc(Br)c2)n1. The molecule has 0 fully saturated rings. The summed E-state index contributed by atoms with van der Waals surface area (Å²) in [5.74, 6) is 2.38. The van der Waals surface area contributed by atoms with Gasteiger partial charge in [0, 0.05) is 22.8 Å². The second-order valence-electron chi connectivity index (χ2n) is 5.02. The van der Waals surface area contributed by atoms with Crippen molar-refractivity contribution in [2.75, 3.05) is 6.61 Å². The van der Waals surface area contributed by atoms with E-state index in [9.17, 15) is 13.2 Å². The van der Waals surface area contributed by atoms with Crippen LogP contribution in [0.15, 0.2) is 47.1 Å². The molecule has 2 aromatic heterocycles. The summed E-state index contributed by atoms with van der Waals surface area (Å²) < 4.78 is 51.3. The van der Waals surface area contributed by atoms with Gasteiger partial charge in [-0.3, -0.25) is 0 Å². The van der Waals surface area contributed by atoms with Crippen LogP contribution in [-0.2, 0) is 6.18 Å². The van der Waals surface area contributed by atoms with Crippen LogP contribution < -0.4 is 9.47 Å². The highest BCUT2D eigenvalue weighted by molar-refractivity contribution is 9.10. The summed E-state index contributed by atoms with van der Waals surface area (Å²) in [6.07, 6.45) is 1.76. The number of nitrogens with zero attached hydrogens (tertiary/aromatic N) is 4. The number of hydrogen-bond acceptors (Lipinski definition) is 5. The molecule has 0 atom stereocenters. The highest BCUT2D eigenvalue weighted by Crippen LogP contribution is 2.32. The number of halogens is 4. The first-order valence-corrected chi connectivity index (χ1v) is 8.16. The average molecular weight is 439 g/mol. The summed E-state index contributed by atoms with van der Waals surface area (Å²) in [6, 6.07) is 9.16. The van der Waals surface area contributed by atoms with E-state index in [1.54, 1.807) is 18.2 Å². The second-order valence-corrected chi connectivity index (χ2v) is 5.94. The van der Waals surface area contributed by atoms with Gasteiger partial charge in [-0.15, -0.1) is 6.42 Å². The Morgan fingerprint density at radius 1 is 1.22 bits per heavy atom. The van der Waals surface area contributed by atoms with Crippen molar-refractivity contribution < 1.29 is 22.6 Å². The molecule has 3 rings (SSSR count). The van der Waals surface area contributed by atoms with Gasteiger partial charge >= 0.3 is 6.18 Å². The van der Waals surface area contributed by atoms with Gasteiger partial charge < -0.3 is 9.47 Å². The van der Waals surface area contributed by atoms with Gasteiger partial charge in [0.2, 0.25) is 11.8 Å². The van der Waals surface area contributed by atoms with Crippen LogP contribution in [0.5, 0.6) is 17.5 Å². The first-order valence-electron chi connectivity index (χ1n) is 7.37. The maximum absolute atomic E-state index is 13.0. The van der Waals surface area contributed by atoms with Crippen molar-refractivity contribution in [3.8, 4) is 35.8 Å². The minimum Gasteiger partial charge on any atom is -0.464 e. The highest BCUT2D eigenvalue weighted by atomic mass is 79.9. The lowest BCUT2D eigenvalue weighted by Crippen LogP contribution is -2.10. The standard InChI is InChI=1S/C17H10BrF3N4O2/c1-2-8-26-15-10-13(17(19,20)21)24-25(15)16-22-7-6-14(23-16)27-12-5-3-4-11(18)9-12/h1,3-7,9-10H,8H2. The molecule has 6 nitrogen and oxygen atoms in total. The summed E-state index contributed by atoms with van der Waals surface area (Å²) in [7, 11) is 0. The van der Waals surface area contributed by atoms with Crippen molar-refractivity contribution in [3.05, 3.63) is 52.8 Å². The summed E-state index contributed by atoms with van der Waals surface area (Å²) in [6.45, 7) is -0.239. The zero-order valence-electron chi connectivity index (χ0n) is 13.4. The third kappa shape index (κ3) is 4.57. The summed E-state index contributed by atoms with van der Waals surface area (Å²) in [5, 5.41) is 3.48. The Kier molecular flexibility index (Phi) is 5.32. The Morgan fingerprint density at radius 3 is 2.74 bits per heavy atom. The van der Waals surface area contributed by atoms with Crippen LogP contribution in [0.4, 0.5) is 13.2 Å². The van der Waals surface area contributed by atoms with Crippen molar-refractivity contribution in [3.63, 3.8) is 0 Å². The van der Waals surface area contributed by atoms with Crippen molar-refractivity contribution in [1.82, 2.24) is 19.7 Å². The minimum atomic E-state index is -4.66. The van der Waals surface area contributed by atoms with E-state index < -0.39 is 11.9 Å². The van der Waals surface area contributed by atoms with Crippen LogP contribution >= 0.6 is 15.9 Å². The third-order valence-corrected chi connectivity index (χ3v) is 3.59. The normalized spacial score (nSPS) is 11.1. The number of hydrogen-bond donors (Lipinski definition) is 0. The van der Waals surface area contributed by atoms with Gasteiger partial charge in [-0.1, -0.05) is 27.9 Å². The van der Waals surface area contributed by atoms with Crippen LogP contribution in [0.1, 0.15) is 5.69 Å². The topological polar surface area (TPSA) is 62.1 Å². The first kappa shape index (κ1) is 18.7. The van der Waals surface area contributed by atoms with Gasteiger partial charge in [0.1, 0.15) is 5.75 Å². The fraction of sp³-hybridized carbons (Fsp3) is 0.118. The van der Waals surface area contributed by atoms with E-state index in [1.165, 1.54) is 12.3 Å². The zero-order valence-corrected chi connectivity index (χ0v) is 15.0. The van der Waals surface area contributed by atoms with Crippen molar-refractivity contribution >= 4 is 15.9 Å². The molecule has 138 valence electrons. The molecule has 0 N–H and O–H groups in total. The molecule has 0 saturated carbocycles. The molecule has 0 amide bonds. The fourth-order valence-electron chi connectivity index (χ4n) is 2.01. The van der Waals surface area contributed by atoms with Crippen molar-refractivity contribution in [1.29, 1.82) is 0 Å². The van der Waals surface area contributed by atoms with E-state index in [-0.39, 0.29) is 24.3 Å². The number of terminal acetylenes is 1. The molecule has 27 heavy (non-hydrogen) atoms. The zero-order chi connectivity index (χ0) is 19.4. The maximum atomic E-state index is 13.0. The maximum Gasteiger partial charge on any atom is 0.435 e. The molecule has 0 aliphatic heterocycles. The minimum absolute atomic E-state index is 0.116. The predicted molar refractivity (Wildman–Crippen MR) is 92.7 cm³/mol. The van der Waals surface area contributed by atoms with Gasteiger partial charge in [-0.05, 0) is 18.2 Å². The number of rotatable bonds is 5. The van der Waals surface area contributed by atoms with Crippen LogP contribution in [-0.4, -0.2) is 26.4 Å². The molecule has 10 heteroatoms. The largest absolute Gasteiger partial charge is 0.464 e. The van der Waals surface area contributed by atoms with E-state index in [0.29, 0.717) is 5.75 Å². The Morgan fingerprint density at radius 2 is 2.04 bits per heavy atom. The fourth-order valence-corrected chi connectivity index (χ4v) is 2.38. The van der Waals surface area contributed by atoms with E-state index in [4.69, 9.17) is 15.9 Å². The van der Waals surface area contributed by atoms with E-state index in [2.05, 4.69) is 36.9 Å². The quantitative estimate of drug-likeness (QED) is 0.557. The number of alkyl halides is 3. The molecule has 0 radical (unpaired) electrons. The lowest BCUT2D eigenvalue weighted by Gasteiger charge is -2.08. The van der Waals surface area contributed by atoms with E-state index in [0.717, 1.165) is 15.2 Å². The molecule has 0 aliphatic rings. The molecule has 2 heterocycles. The Bertz CT molecular complexity index is 998. The summed E-state index contributed by atoms with van der Waals surface area (Å²) in [5.41, 5.74) is -1.16. The first-order chi connectivity index (χ1) is 12.9. The van der Waals surface area contributed by atoms with Gasteiger partial charge in [0.25, 0.3) is 5.95 Å². The van der Waals surface area contributed by atoms with Crippen LogP contribution in [0.2, 0.25) is 0 Å². The van der Waals surface area contributed by atoms with Crippen LogP contribution in [0.25, 0.3) is 5.95 Å². The molecule has 0 unspecified atom stereocenters. The lowest BCUT2D eigenvalue weighted by atomic mass is 10.3. The molecule has 0 spiro atoms. The molecular weight excluding hydrogens is 429 g/mol. The Hall–Kier alpha value is -3.06. The van der Waals surface area contributed by atoms with Gasteiger partial charge in [-0.2, -0.15) is 27.9 Å². The average Bonchev–Trinajstić information content (AvgIpc) is 3.05. The molecule has 1 aromatic carbocycles. The summed E-state index contributed by atoms with van der Waals surface area (Å²) >= 11 is 3.32. The van der Waals surface area contributed by atoms with Crippen LogP contribution in [0.3, 0.4) is 0 Å². The number of benzene rings is 1. The molecule has 3 aromatic rings. The van der Waals surface area contributed by atoms with E-state index in [1.807, 2.05) is 6.07 Å². The van der Waals surface area contributed by atoms with Gasteiger partial charge in [0.15, 0.2) is 12.3 Å². The smallest absolute Gasteiger partial charge is 0.435 e. The number of aromatic nitrogens is 4. The summed E-state index contributed by atoms with van der Waals surface area (Å²) in [4.78, 5) is 8.02. The highest BCUT2D eigenvalue weighted by Gasteiger charge is 2.36. The van der Waals surface area contributed by atoms with E-state index >= 15 is 0 Å². The molecular formula is C17H10BrF3N4O2. The molecule has 0 saturated heterocycles. The molecule has 0 aliphatic carbocycles. The molecule has 0 bridgehead atoms.